The van der Waals surface area contributed by atoms with Crippen LogP contribution in [0.25, 0.3) is 21.8 Å². The van der Waals surface area contributed by atoms with E-state index in [4.69, 9.17) is 14.2 Å². The molecule has 1 N–H and O–H groups in total. The highest BCUT2D eigenvalue weighted by Crippen LogP contribution is 2.34. The largest absolute Gasteiger partial charge is 0.458 e. The summed E-state index contributed by atoms with van der Waals surface area (Å²) < 4.78 is 17.0. The number of hydrogen-bond acceptors (Lipinski definition) is 7. The number of benzene rings is 2. The van der Waals surface area contributed by atoms with Gasteiger partial charge in [-0.25, -0.2) is 9.78 Å². The lowest BCUT2D eigenvalue weighted by atomic mass is 10.1. The molecule has 1 saturated heterocycles. The van der Waals surface area contributed by atoms with Crippen LogP contribution in [0.15, 0.2) is 59.0 Å². The number of aromatic amines is 1. The van der Waals surface area contributed by atoms with Gasteiger partial charge in [0.05, 0.1) is 30.1 Å². The molecule has 0 amide bonds. The molecule has 0 spiro atoms. The number of aromatic nitrogens is 2. The number of nitrogens with zero attached hydrogens (tertiary/aromatic N) is 4. The van der Waals surface area contributed by atoms with E-state index in [-0.39, 0.29) is 18.4 Å². The summed E-state index contributed by atoms with van der Waals surface area (Å²) in [5, 5.41) is 12.5. The van der Waals surface area contributed by atoms with E-state index in [1.54, 1.807) is 13.3 Å². The maximum Gasteiger partial charge on any atom is 0.357 e. The predicted octanol–water partition coefficient (Wildman–Crippen LogP) is 6.70. The Morgan fingerprint density at radius 2 is 1.81 bits per heavy atom. The second kappa shape index (κ2) is 11.0. The summed E-state index contributed by atoms with van der Waals surface area (Å²) in [5.41, 5.74) is 3.43. The Morgan fingerprint density at radius 3 is 2.54 bits per heavy atom. The van der Waals surface area contributed by atoms with E-state index in [9.17, 15) is 4.79 Å². The van der Waals surface area contributed by atoms with Crippen molar-refractivity contribution in [3.05, 3.63) is 59.9 Å². The molecule has 2 aromatic carbocycles. The van der Waals surface area contributed by atoms with Crippen LogP contribution in [0.1, 0.15) is 49.2 Å². The lowest BCUT2D eigenvalue weighted by Gasteiger charge is -2.21. The first-order valence-corrected chi connectivity index (χ1v) is 12.6. The minimum atomic E-state index is -0.469. The van der Waals surface area contributed by atoms with Crippen molar-refractivity contribution in [3.8, 4) is 11.5 Å². The molecular weight excluding hydrogens is 470 g/mol. The predicted molar refractivity (Wildman–Crippen MR) is 141 cm³/mol. The number of nitrogens with one attached hydrogen (secondary N) is 1. The molecule has 1 fully saturated rings. The number of pyridine rings is 1. The van der Waals surface area contributed by atoms with Crippen molar-refractivity contribution in [1.29, 1.82) is 0 Å². The highest BCUT2D eigenvalue weighted by Gasteiger charge is 2.21. The molecule has 0 unspecified atom stereocenters. The summed E-state index contributed by atoms with van der Waals surface area (Å²) in [6, 6.07) is 13.3. The third kappa shape index (κ3) is 5.56. The van der Waals surface area contributed by atoms with Gasteiger partial charge in [-0.1, -0.05) is 5.22 Å². The Morgan fingerprint density at radius 1 is 1.05 bits per heavy atom. The quantitative estimate of drug-likeness (QED) is 0.213. The molecular formula is C28H31N5O4. The molecule has 37 heavy (non-hydrogen) atoms. The average Bonchev–Trinajstić information content (AvgIpc) is 3.27. The van der Waals surface area contributed by atoms with Gasteiger partial charge in [0, 0.05) is 42.1 Å². The topological polar surface area (TPSA) is 101 Å². The highest BCUT2D eigenvalue weighted by molar-refractivity contribution is 6.11. The Balaban J connectivity index is 1.42. The van der Waals surface area contributed by atoms with Crippen LogP contribution < -0.4 is 4.74 Å². The molecule has 0 aliphatic carbocycles. The fraction of sp³-hybridized carbons (Fsp3) is 0.357. The summed E-state index contributed by atoms with van der Waals surface area (Å²) >= 11 is 0. The number of piperidine rings is 1. The maximum atomic E-state index is 12.7. The van der Waals surface area contributed by atoms with Crippen LogP contribution in [-0.2, 0) is 16.1 Å². The fourth-order valence-corrected chi connectivity index (χ4v) is 4.53. The lowest BCUT2D eigenvalue weighted by Crippen LogP contribution is -2.23. The summed E-state index contributed by atoms with van der Waals surface area (Å²) in [4.78, 5) is 20.5. The van der Waals surface area contributed by atoms with Crippen LogP contribution in [0.2, 0.25) is 0 Å². The first-order chi connectivity index (χ1) is 18.0. The minimum Gasteiger partial charge on any atom is -0.458 e. The molecule has 9 heteroatoms. The van der Waals surface area contributed by atoms with Gasteiger partial charge in [-0.3, -0.25) is 5.01 Å². The molecule has 0 atom stereocenters. The average molecular weight is 502 g/mol. The SMILES string of the molecule is COCc1c(C(=O)OC(C)C)ncc2[nH]c3ccc(Oc4ccc(N=NN5CCCCC5)cc4)cc3c12. The standard InChI is InChI=1S/C28H31N5O4/c1-18(2)36-28(34)27-23(17-35-3)26-22-15-21(11-12-24(22)30-25(26)16-29-27)37-20-9-7-19(8-10-20)31-32-33-13-5-4-6-14-33/h7-12,15-16,18,30H,4-6,13-14,17H2,1-3H3. The van der Waals surface area contributed by atoms with Crippen molar-refractivity contribution in [2.24, 2.45) is 10.3 Å². The zero-order chi connectivity index (χ0) is 25.8. The smallest absolute Gasteiger partial charge is 0.357 e. The van der Waals surface area contributed by atoms with Crippen LogP contribution in [-0.4, -0.2) is 47.2 Å². The Bertz CT molecular complexity index is 1420. The van der Waals surface area contributed by atoms with Gasteiger partial charge in [0.15, 0.2) is 5.69 Å². The number of methoxy groups -OCH3 is 1. The number of rotatable bonds is 8. The van der Waals surface area contributed by atoms with Crippen molar-refractivity contribution in [3.63, 3.8) is 0 Å². The van der Waals surface area contributed by atoms with Crippen molar-refractivity contribution in [2.75, 3.05) is 20.2 Å². The first kappa shape index (κ1) is 24.7. The molecule has 0 saturated carbocycles. The zero-order valence-electron chi connectivity index (χ0n) is 21.4. The molecule has 2 aromatic heterocycles. The molecule has 1 aliphatic rings. The second-order valence-corrected chi connectivity index (χ2v) is 9.39. The number of carbonyl (C=O) groups is 1. The Labute approximate surface area is 215 Å². The van der Waals surface area contributed by atoms with Gasteiger partial charge >= 0.3 is 5.97 Å². The number of carbonyl (C=O) groups excluding carboxylic acids is 1. The van der Waals surface area contributed by atoms with Crippen LogP contribution >= 0.6 is 0 Å². The van der Waals surface area contributed by atoms with E-state index in [1.165, 1.54) is 19.3 Å². The first-order valence-electron chi connectivity index (χ1n) is 12.6. The zero-order valence-corrected chi connectivity index (χ0v) is 21.4. The maximum absolute atomic E-state index is 12.7. The van der Waals surface area contributed by atoms with Gasteiger partial charge in [0.2, 0.25) is 0 Å². The Hall–Kier alpha value is -3.98. The van der Waals surface area contributed by atoms with Crippen molar-refractivity contribution in [2.45, 2.75) is 45.8 Å². The van der Waals surface area contributed by atoms with Gasteiger partial charge < -0.3 is 19.2 Å². The van der Waals surface area contributed by atoms with E-state index in [1.807, 2.05) is 61.3 Å². The molecule has 1 aliphatic heterocycles. The van der Waals surface area contributed by atoms with E-state index >= 15 is 0 Å². The fourth-order valence-electron chi connectivity index (χ4n) is 4.53. The second-order valence-electron chi connectivity index (χ2n) is 9.39. The summed E-state index contributed by atoms with van der Waals surface area (Å²) in [6.07, 6.45) is 5.00. The summed E-state index contributed by atoms with van der Waals surface area (Å²) in [7, 11) is 1.59. The van der Waals surface area contributed by atoms with Gasteiger partial charge in [-0.15, -0.1) is 5.11 Å². The molecule has 0 bridgehead atoms. The number of H-pyrrole nitrogens is 1. The molecule has 5 rings (SSSR count). The van der Waals surface area contributed by atoms with Crippen molar-refractivity contribution >= 4 is 33.5 Å². The summed E-state index contributed by atoms with van der Waals surface area (Å²) in [6.45, 7) is 5.77. The summed E-state index contributed by atoms with van der Waals surface area (Å²) in [5.74, 6) is 0.891. The molecule has 192 valence electrons. The number of hydrogen-bond donors (Lipinski definition) is 1. The van der Waals surface area contributed by atoms with Crippen LogP contribution in [0.3, 0.4) is 0 Å². The van der Waals surface area contributed by atoms with Crippen LogP contribution in [0, 0.1) is 0 Å². The third-order valence-electron chi connectivity index (χ3n) is 6.23. The minimum absolute atomic E-state index is 0.221. The van der Waals surface area contributed by atoms with Gasteiger partial charge in [0.25, 0.3) is 0 Å². The van der Waals surface area contributed by atoms with E-state index in [2.05, 4.69) is 20.3 Å². The van der Waals surface area contributed by atoms with Gasteiger partial charge in [0.1, 0.15) is 11.5 Å². The van der Waals surface area contributed by atoms with E-state index in [0.717, 1.165) is 40.6 Å². The number of fused-ring (bicyclic) bond motifs is 3. The van der Waals surface area contributed by atoms with Crippen LogP contribution in [0.4, 0.5) is 5.69 Å². The molecule has 9 nitrogen and oxygen atoms in total. The molecule has 3 heterocycles. The van der Waals surface area contributed by atoms with Gasteiger partial charge in [-0.05, 0) is 75.6 Å². The van der Waals surface area contributed by atoms with Crippen molar-refractivity contribution in [1.82, 2.24) is 15.0 Å². The normalized spacial score (nSPS) is 14.2. The molecule has 0 radical (unpaired) electrons. The van der Waals surface area contributed by atoms with Gasteiger partial charge in [-0.2, -0.15) is 0 Å². The Kier molecular flexibility index (Phi) is 7.32. The molecule has 4 aromatic rings. The lowest BCUT2D eigenvalue weighted by molar-refractivity contribution is 0.0366. The highest BCUT2D eigenvalue weighted by atomic mass is 16.5. The number of ether oxygens (including phenoxy) is 3. The van der Waals surface area contributed by atoms with Crippen molar-refractivity contribution < 1.29 is 19.0 Å². The van der Waals surface area contributed by atoms with Crippen LogP contribution in [0.5, 0.6) is 11.5 Å². The number of esters is 1. The third-order valence-corrected chi connectivity index (χ3v) is 6.23. The van der Waals surface area contributed by atoms with E-state index < -0.39 is 5.97 Å². The monoisotopic (exact) mass is 501 g/mol. The van der Waals surface area contributed by atoms with E-state index in [0.29, 0.717) is 17.1 Å².